The van der Waals surface area contributed by atoms with Crippen LogP contribution in [0.2, 0.25) is 0 Å². The number of anilines is 1. The molecule has 2 aromatic carbocycles. The molecule has 1 N–H and O–H groups in total. The molecule has 0 saturated carbocycles. The Morgan fingerprint density at radius 2 is 1.83 bits per heavy atom. The highest BCUT2D eigenvalue weighted by Gasteiger charge is 2.18. The number of amides is 1. The molecule has 0 unspecified atom stereocenters. The summed E-state index contributed by atoms with van der Waals surface area (Å²) in [5.41, 5.74) is 0.0977. The van der Waals surface area contributed by atoms with Gasteiger partial charge in [0.15, 0.2) is 11.6 Å². The normalized spacial score (nSPS) is 12.1. The lowest BCUT2D eigenvalue weighted by atomic mass is 10.3. The average molecular weight is 359 g/mol. The smallest absolute Gasteiger partial charge is 0.387 e. The Morgan fingerprint density at radius 1 is 1.12 bits per heavy atom. The van der Waals surface area contributed by atoms with Gasteiger partial charge in [-0.15, -0.1) is 11.8 Å². The van der Waals surface area contributed by atoms with E-state index in [4.69, 9.17) is 0 Å². The largest absolute Gasteiger partial charge is 0.433 e. The number of nitrogens with one attached hydrogen (secondary N) is 1. The van der Waals surface area contributed by atoms with Gasteiger partial charge in [-0.05, 0) is 37.3 Å². The van der Waals surface area contributed by atoms with Gasteiger partial charge < -0.3 is 10.1 Å². The standard InChI is InChI=1S/C16H13F4NO2S/c1-9(24-10-6-7-11(17)12(18)8-10)15(22)21-13-4-2-3-5-14(13)23-16(19)20/h2-9,16H,1H3,(H,21,22)/t9-/m1/s1. The molecule has 3 nitrogen and oxygen atoms in total. The Morgan fingerprint density at radius 3 is 2.50 bits per heavy atom. The summed E-state index contributed by atoms with van der Waals surface area (Å²) in [7, 11) is 0. The van der Waals surface area contributed by atoms with E-state index in [2.05, 4.69) is 10.1 Å². The fourth-order valence-electron chi connectivity index (χ4n) is 1.81. The molecule has 0 aliphatic rings. The Labute approximate surface area is 140 Å². The van der Waals surface area contributed by atoms with Gasteiger partial charge in [0, 0.05) is 4.90 Å². The second-order valence-corrected chi connectivity index (χ2v) is 6.11. The van der Waals surface area contributed by atoms with Crippen LogP contribution in [0.1, 0.15) is 6.92 Å². The number of ether oxygens (including phenoxy) is 1. The van der Waals surface area contributed by atoms with E-state index < -0.39 is 29.4 Å². The maximum Gasteiger partial charge on any atom is 0.387 e. The number of carbonyl (C=O) groups excluding carboxylic acids is 1. The van der Waals surface area contributed by atoms with Crippen molar-refractivity contribution in [3.05, 3.63) is 54.1 Å². The van der Waals surface area contributed by atoms with E-state index in [-0.39, 0.29) is 11.4 Å². The first kappa shape index (κ1) is 18.1. The summed E-state index contributed by atoms with van der Waals surface area (Å²) < 4.78 is 55.1. The average Bonchev–Trinajstić information content (AvgIpc) is 2.52. The van der Waals surface area contributed by atoms with Crippen molar-refractivity contribution in [2.75, 3.05) is 5.32 Å². The van der Waals surface area contributed by atoms with Crippen LogP contribution in [-0.2, 0) is 4.79 Å². The lowest BCUT2D eigenvalue weighted by molar-refractivity contribution is -0.115. The SMILES string of the molecule is C[C@@H](Sc1ccc(F)c(F)c1)C(=O)Nc1ccccc1OC(F)F. The molecule has 0 heterocycles. The molecule has 0 aromatic heterocycles. The molecular formula is C16H13F4NO2S. The minimum absolute atomic E-state index is 0.0977. The third-order valence-corrected chi connectivity index (χ3v) is 4.03. The van der Waals surface area contributed by atoms with Crippen LogP contribution in [0.4, 0.5) is 23.2 Å². The van der Waals surface area contributed by atoms with Gasteiger partial charge in [0.1, 0.15) is 5.75 Å². The Hall–Kier alpha value is -2.22. The summed E-state index contributed by atoms with van der Waals surface area (Å²) >= 11 is 1.01. The molecule has 0 aliphatic carbocycles. The van der Waals surface area contributed by atoms with Crippen LogP contribution in [0.15, 0.2) is 47.4 Å². The number of hydrogen-bond acceptors (Lipinski definition) is 3. The molecule has 0 spiro atoms. The second-order valence-electron chi connectivity index (χ2n) is 4.70. The monoisotopic (exact) mass is 359 g/mol. The van der Waals surface area contributed by atoms with Gasteiger partial charge in [-0.3, -0.25) is 4.79 Å². The van der Waals surface area contributed by atoms with Crippen LogP contribution in [0.5, 0.6) is 5.75 Å². The van der Waals surface area contributed by atoms with Crippen molar-refractivity contribution in [3.8, 4) is 5.75 Å². The maximum absolute atomic E-state index is 13.2. The number of alkyl halides is 2. The fraction of sp³-hybridized carbons (Fsp3) is 0.188. The predicted octanol–water partition coefficient (Wildman–Crippen LogP) is 4.69. The van der Waals surface area contributed by atoms with Crippen molar-refractivity contribution >= 4 is 23.4 Å². The molecule has 0 saturated heterocycles. The number of benzene rings is 2. The van der Waals surface area contributed by atoms with E-state index in [9.17, 15) is 22.4 Å². The third kappa shape index (κ3) is 4.89. The summed E-state index contributed by atoms with van der Waals surface area (Å²) in [4.78, 5) is 12.5. The van der Waals surface area contributed by atoms with Crippen molar-refractivity contribution in [1.29, 1.82) is 0 Å². The minimum atomic E-state index is -3.02. The summed E-state index contributed by atoms with van der Waals surface area (Å²) in [6.07, 6.45) is 0. The summed E-state index contributed by atoms with van der Waals surface area (Å²) in [5, 5.41) is 1.80. The Bertz CT molecular complexity index is 727. The van der Waals surface area contributed by atoms with Crippen LogP contribution in [-0.4, -0.2) is 17.8 Å². The van der Waals surface area contributed by atoms with E-state index >= 15 is 0 Å². The molecular weight excluding hydrogens is 346 g/mol. The van der Waals surface area contributed by atoms with Crippen molar-refractivity contribution in [3.63, 3.8) is 0 Å². The van der Waals surface area contributed by atoms with Gasteiger partial charge in [0.25, 0.3) is 0 Å². The van der Waals surface area contributed by atoms with E-state index in [1.54, 1.807) is 13.0 Å². The first-order valence-corrected chi connectivity index (χ1v) is 7.71. The Balaban J connectivity index is 2.05. The number of rotatable bonds is 6. The van der Waals surface area contributed by atoms with E-state index in [1.165, 1.54) is 24.3 Å². The third-order valence-electron chi connectivity index (χ3n) is 2.93. The zero-order valence-electron chi connectivity index (χ0n) is 12.4. The van der Waals surface area contributed by atoms with Gasteiger partial charge in [-0.2, -0.15) is 8.78 Å². The van der Waals surface area contributed by atoms with Crippen molar-refractivity contribution in [1.82, 2.24) is 0 Å². The highest BCUT2D eigenvalue weighted by atomic mass is 32.2. The molecule has 1 atom stereocenters. The van der Waals surface area contributed by atoms with Crippen LogP contribution < -0.4 is 10.1 Å². The van der Waals surface area contributed by atoms with Crippen LogP contribution in [0.3, 0.4) is 0 Å². The van der Waals surface area contributed by atoms with Crippen molar-refractivity contribution in [2.45, 2.75) is 23.7 Å². The first-order valence-electron chi connectivity index (χ1n) is 6.83. The predicted molar refractivity (Wildman–Crippen MR) is 83.4 cm³/mol. The summed E-state index contributed by atoms with van der Waals surface area (Å²) in [6.45, 7) is -1.46. The van der Waals surface area contributed by atoms with E-state index in [0.29, 0.717) is 4.90 Å². The van der Waals surface area contributed by atoms with Crippen LogP contribution in [0.25, 0.3) is 0 Å². The number of thioether (sulfide) groups is 1. The summed E-state index contributed by atoms with van der Waals surface area (Å²) in [6, 6.07) is 9.07. The molecule has 0 bridgehead atoms. The van der Waals surface area contributed by atoms with Gasteiger partial charge >= 0.3 is 6.61 Å². The van der Waals surface area contributed by atoms with E-state index in [0.717, 1.165) is 23.9 Å². The maximum atomic E-state index is 13.2. The van der Waals surface area contributed by atoms with Gasteiger partial charge in [0.2, 0.25) is 5.91 Å². The molecule has 0 fully saturated rings. The van der Waals surface area contributed by atoms with E-state index in [1.807, 2.05) is 0 Å². The zero-order chi connectivity index (χ0) is 17.7. The van der Waals surface area contributed by atoms with Gasteiger partial charge in [-0.1, -0.05) is 12.1 Å². The molecule has 2 aromatic rings. The van der Waals surface area contributed by atoms with Gasteiger partial charge in [-0.25, -0.2) is 8.78 Å². The number of halogens is 4. The summed E-state index contributed by atoms with van der Waals surface area (Å²) in [5.74, 6) is -2.64. The van der Waals surface area contributed by atoms with Gasteiger partial charge in [0.05, 0.1) is 10.9 Å². The molecule has 0 radical (unpaired) electrons. The first-order chi connectivity index (χ1) is 11.4. The van der Waals surface area contributed by atoms with Crippen molar-refractivity contribution < 1.29 is 27.1 Å². The molecule has 24 heavy (non-hydrogen) atoms. The lowest BCUT2D eigenvalue weighted by Gasteiger charge is -2.15. The topological polar surface area (TPSA) is 38.3 Å². The zero-order valence-corrected chi connectivity index (χ0v) is 13.2. The molecule has 2 rings (SSSR count). The Kier molecular flexibility index (Phi) is 6.08. The second kappa shape index (κ2) is 8.05. The molecule has 128 valence electrons. The highest BCUT2D eigenvalue weighted by Crippen LogP contribution is 2.29. The molecule has 1 amide bonds. The molecule has 8 heteroatoms. The number of para-hydroxylation sites is 2. The van der Waals surface area contributed by atoms with Crippen LogP contribution in [0, 0.1) is 11.6 Å². The quantitative estimate of drug-likeness (QED) is 0.601. The fourth-order valence-corrected chi connectivity index (χ4v) is 2.70. The number of hydrogen-bond donors (Lipinski definition) is 1. The van der Waals surface area contributed by atoms with Crippen molar-refractivity contribution in [2.24, 2.45) is 0 Å². The van der Waals surface area contributed by atoms with Crippen LogP contribution >= 0.6 is 11.8 Å². The number of carbonyl (C=O) groups is 1. The highest BCUT2D eigenvalue weighted by molar-refractivity contribution is 8.00. The minimum Gasteiger partial charge on any atom is -0.433 e. The molecule has 0 aliphatic heterocycles. The lowest BCUT2D eigenvalue weighted by Crippen LogP contribution is -2.23.